The molecule has 0 aliphatic heterocycles. The highest BCUT2D eigenvalue weighted by atomic mass is 32.1. The molecule has 142 valence electrons. The summed E-state index contributed by atoms with van der Waals surface area (Å²) in [5.41, 5.74) is 1.09. The Hall–Kier alpha value is -3.00. The minimum Gasteiger partial charge on any atom is -0.497 e. The van der Waals surface area contributed by atoms with Crippen LogP contribution in [0.2, 0.25) is 0 Å². The second-order valence-electron chi connectivity index (χ2n) is 5.56. The maximum atomic E-state index is 13.0. The molecule has 2 rings (SSSR count). The van der Waals surface area contributed by atoms with Gasteiger partial charge < -0.3 is 14.8 Å². The van der Waals surface area contributed by atoms with Crippen molar-refractivity contribution in [1.29, 1.82) is 0 Å². The van der Waals surface area contributed by atoms with Gasteiger partial charge in [-0.3, -0.25) is 10.1 Å². The van der Waals surface area contributed by atoms with E-state index in [0.29, 0.717) is 16.9 Å². The molecule has 0 saturated carbocycles. The van der Waals surface area contributed by atoms with Gasteiger partial charge in [0.2, 0.25) is 0 Å². The number of rotatable bonds is 6. The average molecular weight is 390 g/mol. The van der Waals surface area contributed by atoms with Crippen LogP contribution in [0.15, 0.2) is 48.5 Å². The molecule has 0 heterocycles. The third kappa shape index (κ3) is 6.03. The molecule has 0 fully saturated rings. The number of esters is 1. The van der Waals surface area contributed by atoms with E-state index < -0.39 is 17.9 Å². The third-order valence-electron chi connectivity index (χ3n) is 3.72. The van der Waals surface area contributed by atoms with Gasteiger partial charge in [-0.25, -0.2) is 9.18 Å². The van der Waals surface area contributed by atoms with Crippen LogP contribution in [0.3, 0.4) is 0 Å². The van der Waals surface area contributed by atoms with Gasteiger partial charge in [0.15, 0.2) is 5.11 Å². The summed E-state index contributed by atoms with van der Waals surface area (Å²) in [7, 11) is 2.78. The number of hydrogen-bond donors (Lipinski definition) is 2. The standard InChI is InChI=1S/C19H19FN2O4S/c1-25-15-9-5-13(6-10-15)17(23)22-19(27)21-16(18(24)26-2)11-12-3-7-14(20)8-4-12/h3-10,16H,11H2,1-2H3,(H2,21,22,23,27). The SMILES string of the molecule is COC(=O)C(Cc1ccc(F)cc1)NC(=S)NC(=O)c1ccc(OC)cc1. The van der Waals surface area contributed by atoms with Gasteiger partial charge in [0.25, 0.3) is 5.91 Å². The van der Waals surface area contributed by atoms with Crippen LogP contribution < -0.4 is 15.4 Å². The quantitative estimate of drug-likeness (QED) is 0.582. The van der Waals surface area contributed by atoms with E-state index in [4.69, 9.17) is 21.7 Å². The van der Waals surface area contributed by atoms with Gasteiger partial charge in [0.1, 0.15) is 17.6 Å². The molecule has 6 nitrogen and oxygen atoms in total. The number of benzene rings is 2. The van der Waals surface area contributed by atoms with Gasteiger partial charge in [-0.2, -0.15) is 0 Å². The fraction of sp³-hybridized carbons (Fsp3) is 0.211. The Bertz CT molecular complexity index is 809. The number of methoxy groups -OCH3 is 2. The molecule has 2 aromatic carbocycles. The second-order valence-corrected chi connectivity index (χ2v) is 5.97. The van der Waals surface area contributed by atoms with Crippen molar-refractivity contribution < 1.29 is 23.5 Å². The molecule has 1 amide bonds. The van der Waals surface area contributed by atoms with Crippen LogP contribution in [0.5, 0.6) is 5.75 Å². The molecule has 0 radical (unpaired) electrons. The summed E-state index contributed by atoms with van der Waals surface area (Å²) in [5, 5.41) is 5.25. The molecule has 8 heteroatoms. The number of carbonyl (C=O) groups is 2. The maximum Gasteiger partial charge on any atom is 0.328 e. The lowest BCUT2D eigenvalue weighted by atomic mass is 10.1. The highest BCUT2D eigenvalue weighted by molar-refractivity contribution is 7.80. The molecule has 27 heavy (non-hydrogen) atoms. The summed E-state index contributed by atoms with van der Waals surface area (Å²) in [6.07, 6.45) is 0.214. The zero-order valence-electron chi connectivity index (χ0n) is 14.8. The first-order valence-corrected chi connectivity index (χ1v) is 8.42. The van der Waals surface area contributed by atoms with Crippen LogP contribution in [0.4, 0.5) is 4.39 Å². The van der Waals surface area contributed by atoms with Gasteiger partial charge >= 0.3 is 5.97 Å². The topological polar surface area (TPSA) is 76.7 Å². The number of amides is 1. The van der Waals surface area contributed by atoms with Crippen molar-refractivity contribution in [3.8, 4) is 5.75 Å². The Morgan fingerprint density at radius 2 is 1.70 bits per heavy atom. The number of ether oxygens (including phenoxy) is 2. The van der Waals surface area contributed by atoms with Crippen LogP contribution >= 0.6 is 12.2 Å². The zero-order valence-corrected chi connectivity index (χ0v) is 15.6. The first-order chi connectivity index (χ1) is 12.9. The molecule has 2 N–H and O–H groups in total. The van der Waals surface area contributed by atoms with Crippen molar-refractivity contribution in [3.05, 3.63) is 65.5 Å². The summed E-state index contributed by atoms with van der Waals surface area (Å²) < 4.78 is 22.8. The van der Waals surface area contributed by atoms with Crippen molar-refractivity contribution in [1.82, 2.24) is 10.6 Å². The lowest BCUT2D eigenvalue weighted by molar-refractivity contribution is -0.142. The predicted octanol–water partition coefficient (Wildman–Crippen LogP) is 2.22. The molecule has 0 spiro atoms. The van der Waals surface area contributed by atoms with Crippen molar-refractivity contribution in [2.24, 2.45) is 0 Å². The highest BCUT2D eigenvalue weighted by Gasteiger charge is 2.21. The van der Waals surface area contributed by atoms with Gasteiger partial charge in [0, 0.05) is 12.0 Å². The van der Waals surface area contributed by atoms with E-state index >= 15 is 0 Å². The largest absolute Gasteiger partial charge is 0.497 e. The smallest absolute Gasteiger partial charge is 0.328 e. The zero-order chi connectivity index (χ0) is 19.8. The maximum absolute atomic E-state index is 13.0. The Kier molecular flexibility index (Phi) is 7.25. The van der Waals surface area contributed by atoms with Gasteiger partial charge in [0.05, 0.1) is 14.2 Å². The Morgan fingerprint density at radius 1 is 1.07 bits per heavy atom. The van der Waals surface area contributed by atoms with Gasteiger partial charge in [-0.1, -0.05) is 12.1 Å². The summed E-state index contributed by atoms with van der Waals surface area (Å²) in [6.45, 7) is 0. The van der Waals surface area contributed by atoms with E-state index in [1.165, 1.54) is 26.4 Å². The number of halogens is 1. The third-order valence-corrected chi connectivity index (χ3v) is 3.94. The fourth-order valence-corrected chi connectivity index (χ4v) is 2.54. The van der Waals surface area contributed by atoms with E-state index in [-0.39, 0.29) is 17.4 Å². The minimum absolute atomic E-state index is 0.0201. The fourth-order valence-electron chi connectivity index (χ4n) is 2.30. The van der Waals surface area contributed by atoms with Crippen molar-refractivity contribution in [2.75, 3.05) is 14.2 Å². The molecule has 0 aromatic heterocycles. The van der Waals surface area contributed by atoms with Crippen molar-refractivity contribution in [2.45, 2.75) is 12.5 Å². The van der Waals surface area contributed by atoms with E-state index in [1.807, 2.05) is 0 Å². The summed E-state index contributed by atoms with van der Waals surface area (Å²) in [5.74, 6) is -0.734. The Morgan fingerprint density at radius 3 is 2.26 bits per heavy atom. The minimum atomic E-state index is -0.830. The number of carbonyl (C=O) groups excluding carboxylic acids is 2. The molecule has 0 saturated heterocycles. The van der Waals surface area contributed by atoms with E-state index in [9.17, 15) is 14.0 Å². The predicted molar refractivity (Wildman–Crippen MR) is 102 cm³/mol. The number of hydrogen-bond acceptors (Lipinski definition) is 5. The lowest BCUT2D eigenvalue weighted by Gasteiger charge is -2.18. The van der Waals surface area contributed by atoms with Gasteiger partial charge in [-0.05, 0) is 54.2 Å². The van der Waals surface area contributed by atoms with Crippen LogP contribution in [0, 0.1) is 5.82 Å². The molecule has 2 aromatic rings. The molecule has 1 atom stereocenters. The molecular weight excluding hydrogens is 371 g/mol. The number of nitrogens with one attached hydrogen (secondary N) is 2. The van der Waals surface area contributed by atoms with E-state index in [2.05, 4.69) is 10.6 Å². The normalized spacial score (nSPS) is 11.2. The van der Waals surface area contributed by atoms with Gasteiger partial charge in [-0.15, -0.1) is 0 Å². The first kappa shape index (κ1) is 20.3. The molecule has 0 bridgehead atoms. The van der Waals surface area contributed by atoms with Crippen LogP contribution in [-0.2, 0) is 16.0 Å². The Labute approximate surface area is 161 Å². The van der Waals surface area contributed by atoms with Crippen molar-refractivity contribution >= 4 is 29.2 Å². The number of thiocarbonyl (C=S) groups is 1. The molecular formula is C19H19FN2O4S. The summed E-state index contributed by atoms with van der Waals surface area (Å²) in [6, 6.07) is 11.4. The van der Waals surface area contributed by atoms with E-state index in [1.54, 1.807) is 36.4 Å². The molecule has 1 unspecified atom stereocenters. The lowest BCUT2D eigenvalue weighted by Crippen LogP contribution is -2.49. The first-order valence-electron chi connectivity index (χ1n) is 8.01. The molecule has 0 aliphatic carbocycles. The van der Waals surface area contributed by atoms with Crippen molar-refractivity contribution in [3.63, 3.8) is 0 Å². The van der Waals surface area contributed by atoms with Crippen LogP contribution in [0.25, 0.3) is 0 Å². The highest BCUT2D eigenvalue weighted by Crippen LogP contribution is 2.11. The van der Waals surface area contributed by atoms with Crippen LogP contribution in [0.1, 0.15) is 15.9 Å². The average Bonchev–Trinajstić information content (AvgIpc) is 2.68. The molecule has 0 aliphatic rings. The summed E-state index contributed by atoms with van der Waals surface area (Å²) >= 11 is 5.12. The van der Waals surface area contributed by atoms with E-state index in [0.717, 1.165) is 0 Å². The Balaban J connectivity index is 2.00. The second kappa shape index (κ2) is 9.63. The van der Waals surface area contributed by atoms with Crippen LogP contribution in [-0.4, -0.2) is 37.3 Å². The monoisotopic (exact) mass is 390 g/mol. The summed E-state index contributed by atoms with van der Waals surface area (Å²) in [4.78, 5) is 24.2.